The first-order valence-corrected chi connectivity index (χ1v) is 12.0. The third-order valence-corrected chi connectivity index (χ3v) is 7.59. The van der Waals surface area contributed by atoms with Gasteiger partial charge in [-0.1, -0.05) is 13.0 Å². The minimum absolute atomic E-state index is 0.0480. The van der Waals surface area contributed by atoms with Gasteiger partial charge in [0, 0.05) is 24.1 Å². The molecule has 170 valence electrons. The largest absolute Gasteiger partial charge is 0.500 e. The van der Waals surface area contributed by atoms with Crippen LogP contribution >= 0.6 is 0 Å². The highest BCUT2D eigenvalue weighted by atomic mass is 32.2. The summed E-state index contributed by atoms with van der Waals surface area (Å²) < 4.78 is 33.0. The lowest BCUT2D eigenvalue weighted by atomic mass is 9.90. The fourth-order valence-electron chi connectivity index (χ4n) is 4.00. The Balaban J connectivity index is 1.73. The molecule has 0 saturated carbocycles. The Morgan fingerprint density at radius 1 is 1.25 bits per heavy atom. The summed E-state index contributed by atoms with van der Waals surface area (Å²) >= 11 is 0. The van der Waals surface area contributed by atoms with Crippen LogP contribution in [0.1, 0.15) is 49.7 Å². The molecule has 0 bridgehead atoms. The first-order chi connectivity index (χ1) is 15.1. The monoisotopic (exact) mass is 457 g/mol. The molecule has 9 nitrogen and oxygen atoms in total. The van der Waals surface area contributed by atoms with Gasteiger partial charge in [0.2, 0.25) is 0 Å². The smallest absolute Gasteiger partial charge is 0.281 e. The van der Waals surface area contributed by atoms with Crippen molar-refractivity contribution in [3.63, 3.8) is 0 Å². The number of rotatable bonds is 5. The van der Waals surface area contributed by atoms with Gasteiger partial charge >= 0.3 is 0 Å². The number of carbonyl (C=O) groups is 1. The highest BCUT2D eigenvalue weighted by molar-refractivity contribution is 7.90. The number of aromatic nitrogens is 2. The van der Waals surface area contributed by atoms with E-state index >= 15 is 0 Å². The summed E-state index contributed by atoms with van der Waals surface area (Å²) in [5.41, 5.74) is 7.19. The van der Waals surface area contributed by atoms with Crippen LogP contribution in [0.3, 0.4) is 0 Å². The molecule has 4 heterocycles. The van der Waals surface area contributed by atoms with E-state index in [9.17, 15) is 13.2 Å². The van der Waals surface area contributed by atoms with Crippen LogP contribution in [0.25, 0.3) is 5.57 Å². The molecular weight excluding hydrogens is 430 g/mol. The van der Waals surface area contributed by atoms with Gasteiger partial charge in [0.1, 0.15) is 11.6 Å². The number of amides is 1. The second kappa shape index (κ2) is 8.09. The number of nitrogens with one attached hydrogen (secondary N) is 1. The van der Waals surface area contributed by atoms with Crippen LogP contribution in [0.2, 0.25) is 0 Å². The predicted molar refractivity (Wildman–Crippen MR) is 121 cm³/mol. The van der Waals surface area contributed by atoms with Gasteiger partial charge in [-0.15, -0.1) is 0 Å². The minimum Gasteiger partial charge on any atom is -0.500 e. The van der Waals surface area contributed by atoms with Crippen molar-refractivity contribution in [2.75, 3.05) is 23.8 Å². The molecule has 1 fully saturated rings. The molecule has 0 spiro atoms. The Kier molecular flexibility index (Phi) is 5.58. The zero-order chi connectivity index (χ0) is 23.1. The van der Waals surface area contributed by atoms with E-state index < -0.39 is 15.9 Å². The molecule has 2 aromatic rings. The van der Waals surface area contributed by atoms with E-state index in [1.54, 1.807) is 18.4 Å². The lowest BCUT2D eigenvalue weighted by molar-refractivity contribution is 0.0981. The summed E-state index contributed by atoms with van der Waals surface area (Å²) in [6.45, 7) is 7.67. The normalized spacial score (nSPS) is 20.0. The zero-order valence-electron chi connectivity index (χ0n) is 18.3. The molecule has 3 N–H and O–H groups in total. The van der Waals surface area contributed by atoms with E-state index in [2.05, 4.69) is 35.4 Å². The number of sulfonamides is 1. The van der Waals surface area contributed by atoms with Crippen LogP contribution in [0.5, 0.6) is 0 Å². The molecular formula is C22H27N5O4S. The second-order valence-electron chi connectivity index (χ2n) is 8.66. The molecule has 10 heteroatoms. The minimum atomic E-state index is -4.20. The molecule has 1 saturated heterocycles. The number of ether oxygens (including phenoxy) is 1. The first-order valence-electron chi connectivity index (χ1n) is 10.5. The van der Waals surface area contributed by atoms with Gasteiger partial charge in [0.25, 0.3) is 15.9 Å². The standard InChI is InChI=1S/C22H27N5O4S/c1-14-9-11-27(22(14,2)3)20-16(7-8-17(24-20)15-10-12-31-13-15)21(28)26-32(29,30)19-6-4-5-18(23)25-19/h4-8,13-14H,9-12H2,1-3H3,(H2,23,25)(H,26,28). The average molecular weight is 458 g/mol. The van der Waals surface area contributed by atoms with Crippen molar-refractivity contribution in [2.45, 2.75) is 44.2 Å². The lowest BCUT2D eigenvalue weighted by Crippen LogP contribution is -2.44. The maximum atomic E-state index is 13.2. The third-order valence-electron chi connectivity index (χ3n) is 6.35. The van der Waals surface area contributed by atoms with Crippen LogP contribution < -0.4 is 15.4 Å². The van der Waals surface area contributed by atoms with E-state index in [0.717, 1.165) is 18.4 Å². The number of anilines is 2. The molecule has 0 aromatic carbocycles. The van der Waals surface area contributed by atoms with Crippen LogP contribution in [0.15, 0.2) is 41.6 Å². The molecule has 4 rings (SSSR count). The summed E-state index contributed by atoms with van der Waals surface area (Å²) in [6, 6.07) is 7.56. The summed E-state index contributed by atoms with van der Waals surface area (Å²) in [4.78, 5) is 23.9. The Bertz CT molecular complexity index is 1190. The van der Waals surface area contributed by atoms with Gasteiger partial charge in [-0.2, -0.15) is 8.42 Å². The van der Waals surface area contributed by atoms with E-state index in [1.165, 1.54) is 18.2 Å². The number of hydrogen-bond acceptors (Lipinski definition) is 8. The summed E-state index contributed by atoms with van der Waals surface area (Å²) in [5, 5.41) is -0.319. The average Bonchev–Trinajstić information content (AvgIpc) is 3.36. The van der Waals surface area contributed by atoms with Crippen molar-refractivity contribution in [1.29, 1.82) is 0 Å². The number of nitrogens with two attached hydrogens (primary N) is 1. The molecule has 1 atom stereocenters. The Morgan fingerprint density at radius 2 is 2.03 bits per heavy atom. The van der Waals surface area contributed by atoms with Gasteiger partial charge in [0.05, 0.1) is 24.1 Å². The Hall–Kier alpha value is -3.14. The Labute approximate surface area is 187 Å². The Morgan fingerprint density at radius 3 is 2.66 bits per heavy atom. The third kappa shape index (κ3) is 4.02. The van der Waals surface area contributed by atoms with E-state index in [0.29, 0.717) is 30.6 Å². The maximum Gasteiger partial charge on any atom is 0.281 e. The van der Waals surface area contributed by atoms with E-state index in [1.807, 2.05) is 0 Å². The van der Waals surface area contributed by atoms with Crippen LogP contribution in [0, 0.1) is 5.92 Å². The highest BCUT2D eigenvalue weighted by Crippen LogP contribution is 2.39. The molecule has 0 radical (unpaired) electrons. The predicted octanol–water partition coefficient (Wildman–Crippen LogP) is 2.56. The SMILES string of the molecule is CC1CCN(c2nc(C3=COCC3)ccc2C(=O)NS(=O)(=O)c2cccc(N)n2)C1(C)C. The molecule has 2 aliphatic rings. The molecule has 0 aliphatic carbocycles. The maximum absolute atomic E-state index is 13.2. The van der Waals surface area contributed by atoms with Gasteiger partial charge in [-0.25, -0.2) is 14.7 Å². The van der Waals surface area contributed by atoms with Crippen molar-refractivity contribution < 1.29 is 17.9 Å². The van der Waals surface area contributed by atoms with Crippen LogP contribution in [-0.4, -0.2) is 43.0 Å². The van der Waals surface area contributed by atoms with Crippen molar-refractivity contribution >= 4 is 33.1 Å². The van der Waals surface area contributed by atoms with Crippen molar-refractivity contribution in [3.8, 4) is 0 Å². The lowest BCUT2D eigenvalue weighted by Gasteiger charge is -2.36. The zero-order valence-corrected chi connectivity index (χ0v) is 19.1. The second-order valence-corrected chi connectivity index (χ2v) is 10.3. The van der Waals surface area contributed by atoms with Gasteiger partial charge in [-0.3, -0.25) is 4.79 Å². The summed E-state index contributed by atoms with van der Waals surface area (Å²) in [7, 11) is -4.20. The molecule has 2 aromatic heterocycles. The van der Waals surface area contributed by atoms with Gasteiger partial charge in [0.15, 0.2) is 5.03 Å². The van der Waals surface area contributed by atoms with Crippen LogP contribution in [0.4, 0.5) is 11.6 Å². The summed E-state index contributed by atoms with van der Waals surface area (Å²) in [6.07, 6.45) is 3.35. The van der Waals surface area contributed by atoms with E-state index in [-0.39, 0.29) is 21.9 Å². The number of nitrogens with zero attached hydrogens (tertiary/aromatic N) is 3. The molecule has 1 amide bonds. The highest BCUT2D eigenvalue weighted by Gasteiger charge is 2.41. The fourth-order valence-corrected chi connectivity index (χ4v) is 4.95. The van der Waals surface area contributed by atoms with E-state index in [4.69, 9.17) is 15.5 Å². The first kappa shape index (κ1) is 22.1. The fraction of sp³-hybridized carbons (Fsp3) is 0.409. The van der Waals surface area contributed by atoms with Crippen molar-refractivity contribution in [1.82, 2.24) is 14.7 Å². The van der Waals surface area contributed by atoms with Crippen molar-refractivity contribution in [3.05, 3.63) is 47.9 Å². The quantitative estimate of drug-likeness (QED) is 0.701. The van der Waals surface area contributed by atoms with Crippen molar-refractivity contribution in [2.24, 2.45) is 5.92 Å². The number of carbonyl (C=O) groups excluding carboxylic acids is 1. The summed E-state index contributed by atoms with van der Waals surface area (Å²) in [5.74, 6) is 0.109. The molecule has 1 unspecified atom stereocenters. The number of hydrogen-bond donors (Lipinski definition) is 2. The molecule has 2 aliphatic heterocycles. The topological polar surface area (TPSA) is 128 Å². The number of nitrogen functional groups attached to an aromatic ring is 1. The van der Waals surface area contributed by atoms with Gasteiger partial charge in [-0.05, 0) is 50.5 Å². The van der Waals surface area contributed by atoms with Crippen LogP contribution in [-0.2, 0) is 14.8 Å². The molecule has 32 heavy (non-hydrogen) atoms. The number of pyridine rings is 2. The van der Waals surface area contributed by atoms with Gasteiger partial charge < -0.3 is 15.4 Å².